The van der Waals surface area contributed by atoms with Gasteiger partial charge in [0.15, 0.2) is 0 Å². The van der Waals surface area contributed by atoms with Crippen molar-refractivity contribution in [1.82, 2.24) is 15.0 Å². The van der Waals surface area contributed by atoms with Gasteiger partial charge < -0.3 is 0 Å². The van der Waals surface area contributed by atoms with E-state index >= 15 is 0 Å². The number of benzene rings is 1. The molecule has 2 aromatic rings. The summed E-state index contributed by atoms with van der Waals surface area (Å²) in [6, 6.07) is 4.28. The van der Waals surface area contributed by atoms with Crippen molar-refractivity contribution in [3.8, 4) is 0 Å². The molecule has 98 valence electrons. The van der Waals surface area contributed by atoms with Crippen LogP contribution in [0.25, 0.3) is 0 Å². The molecular formula is C11H8ClFN4OS. The quantitative estimate of drug-likeness (QED) is 0.699. The maximum absolute atomic E-state index is 13.4. The van der Waals surface area contributed by atoms with E-state index in [1.165, 1.54) is 18.2 Å². The zero-order chi connectivity index (χ0) is 13.8. The van der Waals surface area contributed by atoms with E-state index in [2.05, 4.69) is 20.1 Å². The Hall–Kier alpha value is -1.86. The lowest BCUT2D eigenvalue weighted by Crippen LogP contribution is -2.17. The number of carbonyl (C=O) groups is 1. The predicted molar refractivity (Wildman–Crippen MR) is 71.1 cm³/mol. The fourth-order valence-electron chi connectivity index (χ4n) is 1.28. The van der Waals surface area contributed by atoms with Crippen LogP contribution in [0.5, 0.6) is 0 Å². The van der Waals surface area contributed by atoms with Gasteiger partial charge in [0.05, 0.1) is 16.9 Å². The monoisotopic (exact) mass is 298 g/mol. The second kappa shape index (κ2) is 5.85. The molecule has 0 bridgehead atoms. The summed E-state index contributed by atoms with van der Waals surface area (Å²) in [4.78, 5) is 12.0. The number of aromatic nitrogens is 2. The van der Waals surface area contributed by atoms with Gasteiger partial charge in [-0.2, -0.15) is 5.10 Å². The summed E-state index contributed by atoms with van der Waals surface area (Å²) >= 11 is 6.77. The van der Waals surface area contributed by atoms with Gasteiger partial charge in [0.25, 0.3) is 5.91 Å². The van der Waals surface area contributed by atoms with Gasteiger partial charge in [-0.1, -0.05) is 22.2 Å². The van der Waals surface area contributed by atoms with Crippen LogP contribution in [-0.2, 0) is 0 Å². The molecule has 19 heavy (non-hydrogen) atoms. The van der Waals surface area contributed by atoms with Crippen LogP contribution in [-0.4, -0.2) is 21.7 Å². The molecule has 0 radical (unpaired) electrons. The Bertz CT molecular complexity index is 623. The van der Waals surface area contributed by atoms with Gasteiger partial charge >= 0.3 is 0 Å². The average Bonchev–Trinajstić information content (AvgIpc) is 2.79. The van der Waals surface area contributed by atoms with E-state index in [0.29, 0.717) is 10.6 Å². The largest absolute Gasteiger partial charge is 0.285 e. The summed E-state index contributed by atoms with van der Waals surface area (Å²) in [7, 11) is 0. The number of carbonyl (C=O) groups excluding carboxylic acids is 1. The highest BCUT2D eigenvalue weighted by Gasteiger charge is 2.12. The lowest BCUT2D eigenvalue weighted by molar-refractivity contribution is 0.0958. The smallest absolute Gasteiger partial charge is 0.266 e. The van der Waals surface area contributed by atoms with Crippen molar-refractivity contribution in [3.63, 3.8) is 0 Å². The molecule has 0 spiro atoms. The van der Waals surface area contributed by atoms with Crippen molar-refractivity contribution < 1.29 is 9.18 Å². The van der Waals surface area contributed by atoms with E-state index in [4.69, 9.17) is 11.6 Å². The molecule has 1 heterocycles. The molecular weight excluding hydrogens is 291 g/mol. The number of rotatable bonds is 3. The molecule has 0 aliphatic carbocycles. The van der Waals surface area contributed by atoms with Crippen LogP contribution in [0.3, 0.4) is 0 Å². The third kappa shape index (κ3) is 3.12. The van der Waals surface area contributed by atoms with Gasteiger partial charge in [-0.15, -0.1) is 5.10 Å². The first-order valence-corrected chi connectivity index (χ1v) is 6.31. The Morgan fingerprint density at radius 2 is 2.37 bits per heavy atom. The Balaban J connectivity index is 2.09. The Labute approximate surface area is 117 Å². The summed E-state index contributed by atoms with van der Waals surface area (Å²) in [6.45, 7) is 1.66. The van der Waals surface area contributed by atoms with E-state index in [1.807, 2.05) is 0 Å². The zero-order valence-corrected chi connectivity index (χ0v) is 11.3. The van der Waals surface area contributed by atoms with Crippen LogP contribution in [0.1, 0.15) is 20.9 Å². The molecule has 1 N–H and O–H groups in total. The van der Waals surface area contributed by atoms with Crippen LogP contribution in [0, 0.1) is 12.7 Å². The van der Waals surface area contributed by atoms with E-state index in [0.717, 1.165) is 17.7 Å². The number of hydrogen-bond acceptors (Lipinski definition) is 5. The molecule has 0 saturated heterocycles. The molecule has 0 aliphatic heterocycles. The summed E-state index contributed by atoms with van der Waals surface area (Å²) in [5.74, 6) is -0.961. The third-order valence-corrected chi connectivity index (χ3v) is 3.37. The molecule has 1 aromatic carbocycles. The van der Waals surface area contributed by atoms with Gasteiger partial charge in [-0.25, -0.2) is 9.82 Å². The minimum atomic E-state index is -0.513. The highest BCUT2D eigenvalue weighted by molar-refractivity contribution is 7.07. The van der Waals surface area contributed by atoms with Crippen LogP contribution in [0.2, 0.25) is 5.02 Å². The van der Waals surface area contributed by atoms with Crippen molar-refractivity contribution in [3.05, 3.63) is 45.2 Å². The number of halogens is 2. The number of amides is 1. The topological polar surface area (TPSA) is 67.2 Å². The highest BCUT2D eigenvalue weighted by atomic mass is 35.5. The van der Waals surface area contributed by atoms with Gasteiger partial charge in [0.1, 0.15) is 10.7 Å². The van der Waals surface area contributed by atoms with E-state index in [1.54, 1.807) is 6.92 Å². The minimum Gasteiger partial charge on any atom is -0.266 e. The molecule has 1 amide bonds. The predicted octanol–water partition coefficient (Wildman–Crippen LogP) is 2.40. The fraction of sp³-hybridized carbons (Fsp3) is 0.0909. The van der Waals surface area contributed by atoms with Gasteiger partial charge in [-0.05, 0) is 30.6 Å². The SMILES string of the molecule is Cc1nnsc1C(=O)N/N=C/c1c(F)cccc1Cl. The van der Waals surface area contributed by atoms with E-state index in [-0.39, 0.29) is 10.6 Å². The standard InChI is InChI=1S/C11H8ClFN4OS/c1-6-10(19-17-15-6)11(18)16-14-5-7-8(12)3-2-4-9(7)13/h2-5H,1H3,(H,16,18)/b14-5+. The lowest BCUT2D eigenvalue weighted by atomic mass is 10.2. The second-order valence-electron chi connectivity index (χ2n) is 3.52. The van der Waals surface area contributed by atoms with Crippen LogP contribution in [0.4, 0.5) is 4.39 Å². The maximum atomic E-state index is 13.4. The van der Waals surface area contributed by atoms with Crippen molar-refractivity contribution in [2.24, 2.45) is 5.10 Å². The molecule has 1 aromatic heterocycles. The maximum Gasteiger partial charge on any atom is 0.285 e. The normalized spacial score (nSPS) is 10.9. The molecule has 0 aliphatic rings. The average molecular weight is 299 g/mol. The fourth-order valence-corrected chi connectivity index (χ4v) is 2.04. The number of nitrogens with one attached hydrogen (secondary N) is 1. The van der Waals surface area contributed by atoms with Gasteiger partial charge in [0, 0.05) is 5.56 Å². The Kier molecular flexibility index (Phi) is 4.18. The van der Waals surface area contributed by atoms with Crippen LogP contribution >= 0.6 is 23.1 Å². The van der Waals surface area contributed by atoms with E-state index in [9.17, 15) is 9.18 Å². The lowest BCUT2D eigenvalue weighted by Gasteiger charge is -1.99. The summed E-state index contributed by atoms with van der Waals surface area (Å²) in [5.41, 5.74) is 2.89. The van der Waals surface area contributed by atoms with Crippen molar-refractivity contribution in [1.29, 1.82) is 0 Å². The first-order chi connectivity index (χ1) is 9.09. The number of aryl methyl sites for hydroxylation is 1. The van der Waals surface area contributed by atoms with Crippen molar-refractivity contribution >= 4 is 35.3 Å². The molecule has 0 saturated carbocycles. The second-order valence-corrected chi connectivity index (χ2v) is 4.68. The minimum absolute atomic E-state index is 0.114. The zero-order valence-electron chi connectivity index (χ0n) is 9.72. The Morgan fingerprint density at radius 1 is 1.58 bits per heavy atom. The van der Waals surface area contributed by atoms with Gasteiger partial charge in [0.2, 0.25) is 0 Å². The van der Waals surface area contributed by atoms with Crippen LogP contribution < -0.4 is 5.43 Å². The summed E-state index contributed by atoms with van der Waals surface area (Å²) < 4.78 is 17.0. The Morgan fingerprint density at radius 3 is 3.00 bits per heavy atom. The third-order valence-electron chi connectivity index (χ3n) is 2.22. The highest BCUT2D eigenvalue weighted by Crippen LogP contribution is 2.16. The number of hydrogen-bond donors (Lipinski definition) is 1. The molecule has 0 unspecified atom stereocenters. The van der Waals surface area contributed by atoms with E-state index < -0.39 is 11.7 Å². The summed E-state index contributed by atoms with van der Waals surface area (Å²) in [6.07, 6.45) is 1.15. The molecule has 5 nitrogen and oxygen atoms in total. The number of nitrogens with zero attached hydrogens (tertiary/aromatic N) is 3. The van der Waals surface area contributed by atoms with Crippen LogP contribution in [0.15, 0.2) is 23.3 Å². The van der Waals surface area contributed by atoms with Crippen molar-refractivity contribution in [2.75, 3.05) is 0 Å². The van der Waals surface area contributed by atoms with Crippen molar-refractivity contribution in [2.45, 2.75) is 6.92 Å². The molecule has 2 rings (SSSR count). The first-order valence-electron chi connectivity index (χ1n) is 5.16. The summed E-state index contributed by atoms with van der Waals surface area (Å²) in [5, 5.41) is 7.59. The molecule has 8 heteroatoms. The molecule has 0 fully saturated rings. The first kappa shape index (κ1) is 13.6. The molecule has 0 atom stereocenters. The number of hydrazone groups is 1. The van der Waals surface area contributed by atoms with Gasteiger partial charge in [-0.3, -0.25) is 4.79 Å².